The topological polar surface area (TPSA) is 119 Å². The van der Waals surface area contributed by atoms with Crippen LogP contribution in [0.15, 0.2) is 71.6 Å². The number of aliphatic hydroxyl groups is 1. The quantitative estimate of drug-likeness (QED) is 0.226. The van der Waals surface area contributed by atoms with Gasteiger partial charge in [-0.25, -0.2) is 8.42 Å². The Morgan fingerprint density at radius 2 is 1.71 bits per heavy atom. The lowest BCUT2D eigenvalue weighted by molar-refractivity contribution is -0.134. The predicted molar refractivity (Wildman–Crippen MR) is 163 cm³/mol. The van der Waals surface area contributed by atoms with Crippen molar-refractivity contribution in [3.63, 3.8) is 0 Å². The molecule has 41 heavy (non-hydrogen) atoms. The van der Waals surface area contributed by atoms with E-state index in [0.29, 0.717) is 27.8 Å². The number of halogens is 1. The first kappa shape index (κ1) is 31.0. The Bertz CT molecular complexity index is 1470. The SMILES string of the molecule is CN(C[C@H](O)CNC(C)(C)CC1Cc2ccccc2C1)S(=O)(=O)c1cccc(-c2ccc(NCC(=O)O)c(Cl)c2)c1. The van der Waals surface area contributed by atoms with Crippen LogP contribution in [0, 0.1) is 5.92 Å². The molecule has 0 unspecified atom stereocenters. The number of fused-ring (bicyclic) bond motifs is 1. The molecule has 0 spiro atoms. The van der Waals surface area contributed by atoms with Crippen LogP contribution in [0.5, 0.6) is 0 Å². The van der Waals surface area contributed by atoms with Crippen molar-refractivity contribution in [3.05, 3.63) is 82.9 Å². The van der Waals surface area contributed by atoms with Crippen LogP contribution in [0.3, 0.4) is 0 Å². The summed E-state index contributed by atoms with van der Waals surface area (Å²) in [4.78, 5) is 10.9. The summed E-state index contributed by atoms with van der Waals surface area (Å²) in [6.07, 6.45) is 2.18. The van der Waals surface area contributed by atoms with Crippen molar-refractivity contribution in [1.82, 2.24) is 9.62 Å². The van der Waals surface area contributed by atoms with E-state index >= 15 is 0 Å². The van der Waals surface area contributed by atoms with E-state index in [2.05, 4.69) is 48.7 Å². The van der Waals surface area contributed by atoms with E-state index in [0.717, 1.165) is 19.3 Å². The van der Waals surface area contributed by atoms with Gasteiger partial charge in [0.25, 0.3) is 0 Å². The number of aliphatic hydroxyl groups excluding tert-OH is 1. The molecule has 0 saturated carbocycles. The highest BCUT2D eigenvalue weighted by molar-refractivity contribution is 7.89. The number of likely N-dealkylation sites (N-methyl/N-ethyl adjacent to an activating group) is 1. The molecule has 10 heteroatoms. The van der Waals surface area contributed by atoms with Gasteiger partial charge < -0.3 is 20.8 Å². The first-order chi connectivity index (χ1) is 19.3. The highest BCUT2D eigenvalue weighted by Crippen LogP contribution is 2.32. The van der Waals surface area contributed by atoms with Crippen LogP contribution in [-0.2, 0) is 27.7 Å². The molecule has 3 aromatic carbocycles. The summed E-state index contributed by atoms with van der Waals surface area (Å²) in [5, 5.41) is 26.1. The molecular formula is C31H38ClN3O5S. The van der Waals surface area contributed by atoms with Gasteiger partial charge in [0.2, 0.25) is 10.0 Å². The first-order valence-electron chi connectivity index (χ1n) is 13.7. The highest BCUT2D eigenvalue weighted by Gasteiger charge is 2.29. The predicted octanol–water partition coefficient (Wildman–Crippen LogP) is 4.66. The van der Waals surface area contributed by atoms with Crippen LogP contribution in [-0.4, -0.2) is 67.2 Å². The van der Waals surface area contributed by atoms with Crippen LogP contribution in [0.4, 0.5) is 5.69 Å². The fourth-order valence-corrected chi connectivity index (χ4v) is 6.97. The number of anilines is 1. The second-order valence-electron chi connectivity index (χ2n) is 11.4. The van der Waals surface area contributed by atoms with Crippen molar-refractivity contribution >= 4 is 33.3 Å². The third kappa shape index (κ3) is 8.08. The number of rotatable bonds is 13. The third-order valence-electron chi connectivity index (χ3n) is 7.49. The molecule has 0 aliphatic heterocycles. The summed E-state index contributed by atoms with van der Waals surface area (Å²) in [7, 11) is -2.40. The molecule has 1 aliphatic carbocycles. The lowest BCUT2D eigenvalue weighted by Crippen LogP contribution is -2.47. The molecule has 1 atom stereocenters. The largest absolute Gasteiger partial charge is 0.480 e. The zero-order valence-corrected chi connectivity index (χ0v) is 25.2. The fourth-order valence-electron chi connectivity index (χ4n) is 5.47. The van der Waals surface area contributed by atoms with Crippen molar-refractivity contribution in [2.45, 2.75) is 49.6 Å². The van der Waals surface area contributed by atoms with Crippen LogP contribution < -0.4 is 10.6 Å². The number of carboxylic acids is 1. The van der Waals surface area contributed by atoms with E-state index in [1.807, 2.05) is 0 Å². The summed E-state index contributed by atoms with van der Waals surface area (Å²) in [5.41, 5.74) is 4.42. The lowest BCUT2D eigenvalue weighted by Gasteiger charge is -2.31. The summed E-state index contributed by atoms with van der Waals surface area (Å²) in [6, 6.07) is 20.1. The number of nitrogens with one attached hydrogen (secondary N) is 2. The summed E-state index contributed by atoms with van der Waals surface area (Å²) in [6.45, 7) is 4.19. The van der Waals surface area contributed by atoms with E-state index in [9.17, 15) is 18.3 Å². The molecule has 0 fully saturated rings. The molecule has 0 heterocycles. The lowest BCUT2D eigenvalue weighted by atomic mass is 9.88. The van der Waals surface area contributed by atoms with Crippen molar-refractivity contribution in [2.24, 2.45) is 5.92 Å². The molecule has 1 aliphatic rings. The molecule has 4 rings (SSSR count). The fraction of sp³-hybridized carbons (Fsp3) is 0.387. The average Bonchev–Trinajstić information content (AvgIpc) is 3.32. The minimum absolute atomic E-state index is 0.0553. The Kier molecular flexibility index (Phi) is 9.77. The molecule has 0 aromatic heterocycles. The van der Waals surface area contributed by atoms with Gasteiger partial charge in [-0.2, -0.15) is 4.31 Å². The molecular weight excluding hydrogens is 562 g/mol. The van der Waals surface area contributed by atoms with Crippen LogP contribution >= 0.6 is 11.6 Å². The highest BCUT2D eigenvalue weighted by atomic mass is 35.5. The molecule has 0 radical (unpaired) electrons. The Hall–Kier alpha value is -2.95. The van der Waals surface area contributed by atoms with E-state index in [1.165, 1.54) is 28.5 Å². The van der Waals surface area contributed by atoms with Gasteiger partial charge in [0.1, 0.15) is 6.54 Å². The van der Waals surface area contributed by atoms with Gasteiger partial charge in [-0.15, -0.1) is 0 Å². The Morgan fingerprint density at radius 3 is 2.34 bits per heavy atom. The number of hydrogen-bond donors (Lipinski definition) is 4. The number of benzene rings is 3. The number of β-amino-alcohol motifs (C(OH)–C–C–N with tert-alkyl or cyclic N) is 1. The van der Waals surface area contributed by atoms with Gasteiger partial charge >= 0.3 is 5.97 Å². The second-order valence-corrected chi connectivity index (χ2v) is 13.9. The Labute approximate surface area is 247 Å². The maximum absolute atomic E-state index is 13.4. The Balaban J connectivity index is 1.34. The van der Waals surface area contributed by atoms with Gasteiger partial charge in [-0.1, -0.05) is 54.1 Å². The van der Waals surface area contributed by atoms with E-state index in [-0.39, 0.29) is 30.1 Å². The summed E-state index contributed by atoms with van der Waals surface area (Å²) in [5.74, 6) is -0.471. The minimum Gasteiger partial charge on any atom is -0.480 e. The van der Waals surface area contributed by atoms with Gasteiger partial charge in [-0.3, -0.25) is 4.79 Å². The maximum Gasteiger partial charge on any atom is 0.322 e. The number of sulfonamides is 1. The van der Waals surface area contributed by atoms with Crippen LogP contribution in [0.2, 0.25) is 5.02 Å². The smallest absolute Gasteiger partial charge is 0.322 e. The number of carbonyl (C=O) groups is 1. The van der Waals surface area contributed by atoms with Crippen molar-refractivity contribution in [3.8, 4) is 11.1 Å². The van der Waals surface area contributed by atoms with E-state index in [4.69, 9.17) is 16.7 Å². The average molecular weight is 600 g/mol. The first-order valence-corrected chi connectivity index (χ1v) is 15.5. The van der Waals surface area contributed by atoms with Crippen molar-refractivity contribution in [1.29, 1.82) is 0 Å². The number of hydrogen-bond acceptors (Lipinski definition) is 6. The Morgan fingerprint density at radius 1 is 1.05 bits per heavy atom. The van der Waals surface area contributed by atoms with E-state index < -0.39 is 22.1 Å². The molecule has 0 saturated heterocycles. The molecule has 220 valence electrons. The molecule has 0 amide bonds. The zero-order chi connectivity index (χ0) is 29.8. The summed E-state index contributed by atoms with van der Waals surface area (Å²) >= 11 is 6.31. The van der Waals surface area contributed by atoms with Crippen LogP contribution in [0.25, 0.3) is 11.1 Å². The monoisotopic (exact) mass is 599 g/mol. The minimum atomic E-state index is -3.87. The van der Waals surface area contributed by atoms with E-state index in [1.54, 1.807) is 36.4 Å². The molecule has 8 nitrogen and oxygen atoms in total. The summed E-state index contributed by atoms with van der Waals surface area (Å²) < 4.78 is 27.9. The zero-order valence-electron chi connectivity index (χ0n) is 23.6. The molecule has 0 bridgehead atoms. The third-order valence-corrected chi connectivity index (χ3v) is 9.63. The van der Waals surface area contributed by atoms with Gasteiger partial charge in [0.05, 0.1) is 21.7 Å². The standard InChI is InChI=1S/C31H38ClN3O5S/c1-31(2,17-21-13-22-7-4-5-8-23(22)14-21)34-18-26(36)20-35(3)41(39,40)27-10-6-9-24(15-27)25-11-12-29(28(32)16-25)33-19-30(37)38/h4-12,15-16,21,26,33-34,36H,13-14,17-20H2,1-3H3,(H,37,38)/t26-/m1/s1. The van der Waals surface area contributed by atoms with Gasteiger partial charge in [0, 0.05) is 25.7 Å². The second kappa shape index (κ2) is 12.9. The normalized spacial score (nSPS) is 14.7. The maximum atomic E-state index is 13.4. The molecule has 4 N–H and O–H groups in total. The number of aliphatic carboxylic acids is 1. The number of carboxylic acid groups (broad SMARTS) is 1. The number of nitrogens with zero attached hydrogens (tertiary/aromatic N) is 1. The van der Waals surface area contributed by atoms with Crippen LogP contribution in [0.1, 0.15) is 31.4 Å². The van der Waals surface area contributed by atoms with Crippen molar-refractivity contribution < 1.29 is 23.4 Å². The molecule has 3 aromatic rings. The van der Waals surface area contributed by atoms with Crippen molar-refractivity contribution in [2.75, 3.05) is 32.0 Å². The van der Waals surface area contributed by atoms with Gasteiger partial charge in [-0.05, 0) is 85.5 Å². The van der Waals surface area contributed by atoms with Gasteiger partial charge in [0.15, 0.2) is 0 Å².